The molecule has 4 nitrogen and oxygen atoms in total. The van der Waals surface area contributed by atoms with Crippen LogP contribution in [0.25, 0.3) is 64.5 Å². The van der Waals surface area contributed by atoms with E-state index in [4.69, 9.17) is 0 Å². The van der Waals surface area contributed by atoms with E-state index >= 15 is 0 Å². The van der Waals surface area contributed by atoms with Crippen LogP contribution in [0.2, 0.25) is 0 Å². The number of rotatable bonds is 3. The summed E-state index contributed by atoms with van der Waals surface area (Å²) in [6, 6.07) is 24.2. The van der Waals surface area contributed by atoms with Crippen molar-refractivity contribution in [3.05, 3.63) is 103 Å². The number of hydrogen-bond acceptors (Lipinski definition) is 4. The van der Waals surface area contributed by atoms with Gasteiger partial charge >= 0.3 is 0 Å². The second kappa shape index (κ2) is 7.28. The van der Waals surface area contributed by atoms with Crippen molar-refractivity contribution in [2.24, 2.45) is 0 Å². The molecular formula is C31H20N2O2S2. The van der Waals surface area contributed by atoms with E-state index in [0.717, 1.165) is 64.7 Å². The lowest BCUT2D eigenvalue weighted by Crippen LogP contribution is -2.19. The summed E-state index contributed by atoms with van der Waals surface area (Å²) in [7, 11) is 0. The van der Waals surface area contributed by atoms with Crippen LogP contribution in [0.4, 0.5) is 0 Å². The van der Waals surface area contributed by atoms with Crippen molar-refractivity contribution in [1.82, 2.24) is 8.80 Å². The Morgan fingerprint density at radius 2 is 1.16 bits per heavy atom. The van der Waals surface area contributed by atoms with Gasteiger partial charge in [-0.05, 0) is 49.7 Å². The third-order valence-electron chi connectivity index (χ3n) is 7.55. The Kier molecular flexibility index (Phi) is 4.15. The third kappa shape index (κ3) is 2.56. The van der Waals surface area contributed by atoms with Crippen LogP contribution in [0.15, 0.2) is 82.4 Å². The van der Waals surface area contributed by atoms with Crippen LogP contribution in [0, 0.1) is 6.92 Å². The minimum atomic E-state index is -0.0381. The number of fused-ring (bicyclic) bond motifs is 6. The van der Waals surface area contributed by atoms with Gasteiger partial charge in [0.25, 0.3) is 11.1 Å². The molecule has 2 aromatic carbocycles. The van der Waals surface area contributed by atoms with Gasteiger partial charge in [0.2, 0.25) is 0 Å². The zero-order valence-corrected chi connectivity index (χ0v) is 21.8. The molecule has 178 valence electrons. The van der Waals surface area contributed by atoms with Gasteiger partial charge in [0.1, 0.15) is 0 Å². The van der Waals surface area contributed by atoms with Crippen LogP contribution < -0.4 is 11.1 Å². The molecule has 0 aliphatic carbocycles. The van der Waals surface area contributed by atoms with Crippen LogP contribution in [0.3, 0.4) is 0 Å². The van der Waals surface area contributed by atoms with Gasteiger partial charge in [0.05, 0.1) is 33.2 Å². The van der Waals surface area contributed by atoms with E-state index in [0.29, 0.717) is 11.1 Å². The lowest BCUT2D eigenvalue weighted by Gasteiger charge is -2.10. The van der Waals surface area contributed by atoms with Crippen molar-refractivity contribution >= 4 is 66.3 Å². The van der Waals surface area contributed by atoms with E-state index in [1.807, 2.05) is 63.4 Å². The van der Waals surface area contributed by atoms with Crippen LogP contribution in [0.1, 0.15) is 16.7 Å². The lowest BCUT2D eigenvalue weighted by molar-refractivity contribution is 1.15. The summed E-state index contributed by atoms with van der Waals surface area (Å²) in [4.78, 5) is 33.3. The number of para-hydroxylation sites is 2. The predicted molar refractivity (Wildman–Crippen MR) is 157 cm³/mol. The molecular weight excluding hydrogens is 496 g/mol. The molecule has 0 radical (unpaired) electrons. The molecule has 6 heteroatoms. The Bertz CT molecular complexity index is 2290. The molecule has 6 aromatic heterocycles. The van der Waals surface area contributed by atoms with Gasteiger partial charge in [-0.15, -0.1) is 22.7 Å². The van der Waals surface area contributed by atoms with Gasteiger partial charge in [-0.1, -0.05) is 43.3 Å². The number of hydrogen-bond donors (Lipinski definition) is 0. The van der Waals surface area contributed by atoms with E-state index in [9.17, 15) is 9.59 Å². The molecule has 0 atom stereocenters. The first kappa shape index (κ1) is 21.1. The SMILES string of the molecule is CCc1ccc(-c2c(=O)n3c4ccccc4c4c(-c5ccc(C)s5)c(=O)n5c6ccccc6c2c5c43)s1. The Hall–Kier alpha value is -4.00. The summed E-state index contributed by atoms with van der Waals surface area (Å²) in [6.07, 6.45) is 0.916. The molecule has 0 aliphatic rings. The number of benzene rings is 2. The molecule has 8 aromatic rings. The normalized spacial score (nSPS) is 12.4. The standard InChI is InChI=1S/C31H20N2O2S2/c1-3-17-13-15-23(37-17)27-25-19-9-5-7-11-21(19)32-29(25)28-24(26(30(32)34)22-14-12-16(2)36-22)18-8-4-6-10-20(18)33(28)31(27)35/h4-15H,3H2,1-2H3. The van der Waals surface area contributed by atoms with Crippen LogP contribution >= 0.6 is 22.7 Å². The number of nitrogens with zero attached hydrogens (tertiary/aromatic N) is 2. The molecule has 8 rings (SSSR count). The molecule has 6 heterocycles. The summed E-state index contributed by atoms with van der Waals surface area (Å²) < 4.78 is 3.71. The molecule has 0 aliphatic heterocycles. The van der Waals surface area contributed by atoms with Gasteiger partial charge in [-0.2, -0.15) is 0 Å². The van der Waals surface area contributed by atoms with Crippen molar-refractivity contribution in [2.45, 2.75) is 20.3 Å². The zero-order valence-electron chi connectivity index (χ0n) is 20.2. The van der Waals surface area contributed by atoms with E-state index in [1.54, 1.807) is 22.7 Å². The predicted octanol–water partition coefficient (Wildman–Crippen LogP) is 7.58. The highest BCUT2D eigenvalue weighted by atomic mass is 32.1. The minimum Gasteiger partial charge on any atom is -0.273 e. The maximum absolute atomic E-state index is 14.5. The minimum absolute atomic E-state index is 0.0339. The van der Waals surface area contributed by atoms with E-state index in [-0.39, 0.29) is 11.1 Å². The molecule has 0 bridgehead atoms. The quantitative estimate of drug-likeness (QED) is 0.243. The zero-order chi connectivity index (χ0) is 25.0. The second-order valence-electron chi connectivity index (χ2n) is 9.54. The molecule has 37 heavy (non-hydrogen) atoms. The molecule has 0 N–H and O–H groups in total. The van der Waals surface area contributed by atoms with E-state index in [2.05, 4.69) is 32.0 Å². The van der Waals surface area contributed by atoms with E-state index in [1.165, 1.54) is 4.88 Å². The fourth-order valence-electron chi connectivity index (χ4n) is 6.02. The van der Waals surface area contributed by atoms with Crippen molar-refractivity contribution in [1.29, 1.82) is 0 Å². The molecule has 0 fully saturated rings. The highest BCUT2D eigenvalue weighted by molar-refractivity contribution is 7.16. The molecule has 0 unspecified atom stereocenters. The number of pyridine rings is 2. The first-order chi connectivity index (χ1) is 18.1. The van der Waals surface area contributed by atoms with Gasteiger partial charge in [0.15, 0.2) is 0 Å². The highest BCUT2D eigenvalue weighted by Gasteiger charge is 2.29. The first-order valence-electron chi connectivity index (χ1n) is 12.4. The van der Waals surface area contributed by atoms with Crippen LogP contribution in [0.5, 0.6) is 0 Å². The molecule has 0 saturated heterocycles. The monoisotopic (exact) mass is 516 g/mol. The average Bonchev–Trinajstić information content (AvgIpc) is 3.69. The van der Waals surface area contributed by atoms with Crippen molar-refractivity contribution < 1.29 is 0 Å². The van der Waals surface area contributed by atoms with Crippen LogP contribution in [-0.4, -0.2) is 8.80 Å². The van der Waals surface area contributed by atoms with Crippen molar-refractivity contribution in [2.75, 3.05) is 0 Å². The first-order valence-corrected chi connectivity index (χ1v) is 14.0. The topological polar surface area (TPSA) is 43.0 Å². The summed E-state index contributed by atoms with van der Waals surface area (Å²) in [5, 5.41) is 3.61. The Labute approximate surface area is 219 Å². The van der Waals surface area contributed by atoms with Gasteiger partial charge in [-0.25, -0.2) is 0 Å². The molecule has 0 amide bonds. The fraction of sp³-hybridized carbons (Fsp3) is 0.0968. The summed E-state index contributed by atoms with van der Waals surface area (Å²) in [5.41, 5.74) is 4.61. The van der Waals surface area contributed by atoms with Gasteiger partial charge in [0, 0.05) is 41.1 Å². The largest absolute Gasteiger partial charge is 0.273 e. The van der Waals surface area contributed by atoms with E-state index < -0.39 is 0 Å². The molecule has 0 saturated carbocycles. The van der Waals surface area contributed by atoms with Gasteiger partial charge < -0.3 is 0 Å². The smallest absolute Gasteiger partial charge is 0.265 e. The maximum Gasteiger partial charge on any atom is 0.265 e. The third-order valence-corrected chi connectivity index (χ3v) is 9.82. The summed E-state index contributed by atoms with van der Waals surface area (Å²) in [5.74, 6) is 0. The average molecular weight is 517 g/mol. The number of aromatic nitrogens is 2. The highest BCUT2D eigenvalue weighted by Crippen LogP contribution is 2.45. The Morgan fingerprint density at radius 1 is 0.649 bits per heavy atom. The second-order valence-corrected chi connectivity index (χ2v) is 12.0. The van der Waals surface area contributed by atoms with Gasteiger partial charge in [-0.3, -0.25) is 18.4 Å². The summed E-state index contributed by atoms with van der Waals surface area (Å²) >= 11 is 3.28. The summed E-state index contributed by atoms with van der Waals surface area (Å²) in [6.45, 7) is 4.19. The van der Waals surface area contributed by atoms with Crippen molar-refractivity contribution in [3.63, 3.8) is 0 Å². The van der Waals surface area contributed by atoms with Crippen LogP contribution in [-0.2, 0) is 6.42 Å². The Morgan fingerprint density at radius 3 is 1.65 bits per heavy atom. The molecule has 0 spiro atoms. The lowest BCUT2D eigenvalue weighted by atomic mass is 10.0. The fourth-order valence-corrected chi connectivity index (χ4v) is 7.92. The Balaban J connectivity index is 1.77. The number of thiophene rings is 2. The van der Waals surface area contributed by atoms with Crippen molar-refractivity contribution in [3.8, 4) is 20.9 Å². The number of aryl methyl sites for hydroxylation is 2. The maximum atomic E-state index is 14.5.